The lowest BCUT2D eigenvalue weighted by molar-refractivity contribution is -0.123. The molecule has 2 unspecified atom stereocenters. The number of nitrogens with one attached hydrogen (secondary N) is 1. The van der Waals surface area contributed by atoms with E-state index in [2.05, 4.69) is 5.32 Å². The van der Waals surface area contributed by atoms with Gasteiger partial charge >= 0.3 is 0 Å². The Bertz CT molecular complexity index is 628. The molecule has 1 amide bonds. The Kier molecular flexibility index (Phi) is 6.18. The van der Waals surface area contributed by atoms with E-state index in [4.69, 9.17) is 10.5 Å². The molecule has 0 aromatic heterocycles. The molecule has 0 aliphatic heterocycles. The lowest BCUT2D eigenvalue weighted by Gasteiger charge is -2.23. The summed E-state index contributed by atoms with van der Waals surface area (Å²) in [6.07, 6.45) is 1.54. The van der Waals surface area contributed by atoms with Gasteiger partial charge in [0.1, 0.15) is 5.75 Å². The van der Waals surface area contributed by atoms with Crippen molar-refractivity contribution in [2.24, 2.45) is 5.73 Å². The Balaban J connectivity index is 2.35. The second-order valence-electron chi connectivity index (χ2n) is 5.49. The second-order valence-corrected chi connectivity index (χ2v) is 5.49. The van der Waals surface area contributed by atoms with Crippen LogP contribution in [0.2, 0.25) is 0 Å². The van der Waals surface area contributed by atoms with E-state index >= 15 is 0 Å². The van der Waals surface area contributed by atoms with E-state index in [0.717, 1.165) is 23.3 Å². The molecule has 122 valence electrons. The molecule has 2 aromatic carbocycles. The fraction of sp³-hybridized carbons (Fsp3) is 0.316. The largest absolute Gasteiger partial charge is 0.496 e. The molecule has 23 heavy (non-hydrogen) atoms. The van der Waals surface area contributed by atoms with Crippen molar-refractivity contribution in [2.75, 3.05) is 7.11 Å². The zero-order valence-corrected chi connectivity index (χ0v) is 13.7. The van der Waals surface area contributed by atoms with Gasteiger partial charge in [-0.3, -0.25) is 4.79 Å². The second kappa shape index (κ2) is 8.34. The van der Waals surface area contributed by atoms with Crippen LogP contribution in [-0.4, -0.2) is 19.1 Å². The average molecular weight is 312 g/mol. The lowest BCUT2D eigenvalue weighted by atomic mass is 9.97. The van der Waals surface area contributed by atoms with Crippen molar-refractivity contribution in [2.45, 2.75) is 31.8 Å². The minimum atomic E-state index is -0.499. The molecule has 0 aliphatic carbocycles. The molecule has 0 fully saturated rings. The van der Waals surface area contributed by atoms with Gasteiger partial charge in [0.05, 0.1) is 19.2 Å². The van der Waals surface area contributed by atoms with Crippen LogP contribution in [0.1, 0.15) is 36.9 Å². The standard InChI is InChI=1S/C19H24N2O2/c1-3-9-16(20)19(22)21-18(14-10-5-4-6-11-14)15-12-7-8-13-17(15)23-2/h4-8,10-13,16,18H,3,9,20H2,1-2H3,(H,21,22). The zero-order valence-electron chi connectivity index (χ0n) is 13.7. The predicted octanol–water partition coefficient (Wildman–Crippen LogP) is 3.03. The van der Waals surface area contributed by atoms with Crippen LogP contribution in [0, 0.1) is 0 Å². The van der Waals surface area contributed by atoms with Gasteiger partial charge in [-0.25, -0.2) is 0 Å². The molecular formula is C19H24N2O2. The fourth-order valence-electron chi connectivity index (χ4n) is 2.58. The minimum absolute atomic E-state index is 0.147. The molecule has 2 aromatic rings. The first-order valence-electron chi connectivity index (χ1n) is 7.91. The number of ether oxygens (including phenoxy) is 1. The number of hydrogen-bond acceptors (Lipinski definition) is 3. The number of rotatable bonds is 7. The van der Waals surface area contributed by atoms with Crippen molar-refractivity contribution in [1.82, 2.24) is 5.32 Å². The first kappa shape index (κ1) is 17.0. The maximum atomic E-state index is 12.4. The molecule has 2 atom stereocenters. The number of hydrogen-bond donors (Lipinski definition) is 2. The number of nitrogens with two attached hydrogens (primary N) is 1. The Morgan fingerprint density at radius 1 is 1.13 bits per heavy atom. The van der Waals surface area contributed by atoms with Crippen LogP contribution < -0.4 is 15.8 Å². The Morgan fingerprint density at radius 3 is 2.43 bits per heavy atom. The molecular weight excluding hydrogens is 288 g/mol. The number of benzene rings is 2. The maximum Gasteiger partial charge on any atom is 0.237 e. The predicted molar refractivity (Wildman–Crippen MR) is 92.3 cm³/mol. The van der Waals surface area contributed by atoms with Crippen molar-refractivity contribution < 1.29 is 9.53 Å². The van der Waals surface area contributed by atoms with Gasteiger partial charge in [0.25, 0.3) is 0 Å². The highest BCUT2D eigenvalue weighted by Gasteiger charge is 2.22. The molecule has 0 saturated carbocycles. The highest BCUT2D eigenvalue weighted by molar-refractivity contribution is 5.82. The van der Waals surface area contributed by atoms with E-state index in [1.165, 1.54) is 0 Å². The van der Waals surface area contributed by atoms with Crippen LogP contribution >= 0.6 is 0 Å². The van der Waals surface area contributed by atoms with Crippen LogP contribution in [0.25, 0.3) is 0 Å². The molecule has 0 saturated heterocycles. The zero-order chi connectivity index (χ0) is 16.7. The quantitative estimate of drug-likeness (QED) is 0.826. The van der Waals surface area contributed by atoms with Crippen molar-refractivity contribution in [3.05, 3.63) is 65.7 Å². The lowest BCUT2D eigenvalue weighted by Crippen LogP contribution is -2.42. The summed E-state index contributed by atoms with van der Waals surface area (Å²) in [6.45, 7) is 2.02. The maximum absolute atomic E-state index is 12.4. The third-order valence-corrected chi connectivity index (χ3v) is 3.81. The number of amides is 1. The molecule has 2 rings (SSSR count). The third-order valence-electron chi connectivity index (χ3n) is 3.81. The molecule has 0 spiro atoms. The summed E-state index contributed by atoms with van der Waals surface area (Å²) in [5, 5.41) is 3.06. The van der Waals surface area contributed by atoms with Gasteiger partial charge < -0.3 is 15.8 Å². The monoisotopic (exact) mass is 312 g/mol. The summed E-state index contributed by atoms with van der Waals surface area (Å²) in [6, 6.07) is 16.8. The number of carbonyl (C=O) groups excluding carboxylic acids is 1. The number of carbonyl (C=O) groups is 1. The fourth-order valence-corrected chi connectivity index (χ4v) is 2.58. The van der Waals surface area contributed by atoms with Crippen LogP contribution in [0.5, 0.6) is 5.75 Å². The molecule has 0 radical (unpaired) electrons. The first-order valence-corrected chi connectivity index (χ1v) is 7.91. The van der Waals surface area contributed by atoms with E-state index in [0.29, 0.717) is 6.42 Å². The summed E-state index contributed by atoms with van der Waals surface area (Å²) in [5.74, 6) is 0.595. The van der Waals surface area contributed by atoms with Gasteiger partial charge in [-0.15, -0.1) is 0 Å². The Hall–Kier alpha value is -2.33. The van der Waals surface area contributed by atoms with Gasteiger partial charge in [-0.2, -0.15) is 0 Å². The molecule has 3 N–H and O–H groups in total. The van der Waals surface area contributed by atoms with Crippen LogP contribution in [0.15, 0.2) is 54.6 Å². The van der Waals surface area contributed by atoms with E-state index in [9.17, 15) is 4.79 Å². The smallest absolute Gasteiger partial charge is 0.237 e. The summed E-state index contributed by atoms with van der Waals surface area (Å²) in [5.41, 5.74) is 7.87. The number of para-hydroxylation sites is 1. The summed E-state index contributed by atoms with van der Waals surface area (Å²) < 4.78 is 5.45. The Labute approximate surface area is 137 Å². The van der Waals surface area contributed by atoms with Gasteiger partial charge in [-0.05, 0) is 18.1 Å². The van der Waals surface area contributed by atoms with Crippen molar-refractivity contribution in [3.8, 4) is 5.75 Å². The minimum Gasteiger partial charge on any atom is -0.496 e. The van der Waals surface area contributed by atoms with Crippen molar-refractivity contribution >= 4 is 5.91 Å². The van der Waals surface area contributed by atoms with Crippen LogP contribution in [-0.2, 0) is 4.79 Å². The SMILES string of the molecule is CCCC(N)C(=O)NC(c1ccccc1)c1ccccc1OC. The first-order chi connectivity index (χ1) is 11.2. The average Bonchev–Trinajstić information content (AvgIpc) is 2.60. The Morgan fingerprint density at radius 2 is 1.78 bits per heavy atom. The van der Waals surface area contributed by atoms with E-state index in [1.54, 1.807) is 7.11 Å². The number of methoxy groups -OCH3 is 1. The molecule has 4 heteroatoms. The van der Waals surface area contributed by atoms with Gasteiger partial charge in [0, 0.05) is 5.56 Å². The van der Waals surface area contributed by atoms with E-state index in [1.807, 2.05) is 61.5 Å². The van der Waals surface area contributed by atoms with Crippen molar-refractivity contribution in [3.63, 3.8) is 0 Å². The highest BCUT2D eigenvalue weighted by atomic mass is 16.5. The molecule has 0 heterocycles. The van der Waals surface area contributed by atoms with Gasteiger partial charge in [0.15, 0.2) is 0 Å². The molecule has 0 bridgehead atoms. The van der Waals surface area contributed by atoms with Gasteiger partial charge in [-0.1, -0.05) is 61.9 Å². The third kappa shape index (κ3) is 4.33. The highest BCUT2D eigenvalue weighted by Crippen LogP contribution is 2.29. The van der Waals surface area contributed by atoms with Crippen LogP contribution in [0.4, 0.5) is 0 Å². The summed E-state index contributed by atoms with van der Waals surface area (Å²) >= 11 is 0. The summed E-state index contributed by atoms with van der Waals surface area (Å²) in [7, 11) is 1.63. The summed E-state index contributed by atoms with van der Waals surface area (Å²) in [4.78, 5) is 12.4. The van der Waals surface area contributed by atoms with E-state index in [-0.39, 0.29) is 11.9 Å². The van der Waals surface area contributed by atoms with Crippen LogP contribution in [0.3, 0.4) is 0 Å². The molecule has 0 aliphatic rings. The topological polar surface area (TPSA) is 64.4 Å². The van der Waals surface area contributed by atoms with Crippen molar-refractivity contribution in [1.29, 1.82) is 0 Å². The van der Waals surface area contributed by atoms with E-state index < -0.39 is 6.04 Å². The van der Waals surface area contributed by atoms with Gasteiger partial charge in [0.2, 0.25) is 5.91 Å². The normalized spacial score (nSPS) is 13.2. The molecule has 4 nitrogen and oxygen atoms in total.